The lowest BCUT2D eigenvalue weighted by Crippen LogP contribution is -2.38. The second-order valence-electron chi connectivity index (χ2n) is 6.85. The monoisotopic (exact) mass is 332 g/mol. The Bertz CT molecular complexity index is 566. The summed E-state index contributed by atoms with van der Waals surface area (Å²) in [6.45, 7) is 5.30. The Balaban J connectivity index is 1.93. The van der Waals surface area contributed by atoms with Crippen molar-refractivity contribution in [2.75, 3.05) is 40.3 Å². The highest BCUT2D eigenvalue weighted by atomic mass is 16.2. The van der Waals surface area contributed by atoms with Gasteiger partial charge in [-0.2, -0.15) is 0 Å². The van der Waals surface area contributed by atoms with Gasteiger partial charge in [-0.1, -0.05) is 6.92 Å². The van der Waals surface area contributed by atoms with Crippen molar-refractivity contribution in [1.82, 2.24) is 20.1 Å². The lowest BCUT2D eigenvalue weighted by molar-refractivity contribution is 0.0697. The second-order valence-corrected chi connectivity index (χ2v) is 6.85. The van der Waals surface area contributed by atoms with E-state index in [1.165, 1.54) is 6.20 Å². The average molecular weight is 332 g/mol. The fourth-order valence-electron chi connectivity index (χ4n) is 2.77. The summed E-state index contributed by atoms with van der Waals surface area (Å²) < 4.78 is 0. The van der Waals surface area contributed by atoms with Crippen LogP contribution in [0.5, 0.6) is 0 Å². The van der Waals surface area contributed by atoms with E-state index in [2.05, 4.69) is 22.1 Å². The van der Waals surface area contributed by atoms with Crippen molar-refractivity contribution in [1.29, 1.82) is 0 Å². The molecule has 2 amide bonds. The van der Waals surface area contributed by atoms with Crippen LogP contribution in [-0.4, -0.2) is 66.9 Å². The molecule has 1 fully saturated rings. The van der Waals surface area contributed by atoms with Crippen molar-refractivity contribution < 1.29 is 9.59 Å². The zero-order chi connectivity index (χ0) is 17.5. The maximum atomic E-state index is 12.6. The number of carbonyl (C=O) groups is 2. The quantitative estimate of drug-likeness (QED) is 0.804. The summed E-state index contributed by atoms with van der Waals surface area (Å²) in [5, 5.41) is 2.88. The molecule has 0 radical (unpaired) electrons. The van der Waals surface area contributed by atoms with Crippen molar-refractivity contribution >= 4 is 11.8 Å². The molecule has 0 bridgehead atoms. The van der Waals surface area contributed by atoms with E-state index < -0.39 is 0 Å². The van der Waals surface area contributed by atoms with Gasteiger partial charge in [-0.3, -0.25) is 14.6 Å². The number of amides is 2. The van der Waals surface area contributed by atoms with E-state index in [4.69, 9.17) is 0 Å². The molecule has 2 heterocycles. The number of pyridine rings is 1. The molecule has 1 aliphatic rings. The van der Waals surface area contributed by atoms with Gasteiger partial charge in [0.15, 0.2) is 0 Å². The molecule has 0 spiro atoms. The molecule has 0 aliphatic carbocycles. The van der Waals surface area contributed by atoms with E-state index in [-0.39, 0.29) is 11.8 Å². The second kappa shape index (κ2) is 8.78. The minimum atomic E-state index is -0.178. The lowest BCUT2D eigenvalue weighted by atomic mass is 9.98. The fourth-order valence-corrected chi connectivity index (χ4v) is 2.77. The molecule has 0 saturated carbocycles. The Morgan fingerprint density at radius 2 is 1.92 bits per heavy atom. The van der Waals surface area contributed by atoms with Gasteiger partial charge in [0.25, 0.3) is 11.8 Å². The standard InChI is InChI=1S/C18H28N4O2/c1-14-5-9-22(10-6-14)18(24)16-11-15(12-19-13-16)17(23)20-7-4-8-21(2)3/h11-14H,4-10H2,1-3H3,(H,20,23). The first-order valence-corrected chi connectivity index (χ1v) is 8.64. The van der Waals surface area contributed by atoms with Crippen molar-refractivity contribution in [2.45, 2.75) is 26.2 Å². The number of hydrogen-bond acceptors (Lipinski definition) is 4. The van der Waals surface area contributed by atoms with E-state index >= 15 is 0 Å². The van der Waals surface area contributed by atoms with Crippen LogP contribution in [0.1, 0.15) is 46.9 Å². The first-order valence-electron chi connectivity index (χ1n) is 8.64. The lowest BCUT2D eigenvalue weighted by Gasteiger charge is -2.30. The Labute approximate surface area is 144 Å². The van der Waals surface area contributed by atoms with Gasteiger partial charge in [0.05, 0.1) is 11.1 Å². The van der Waals surface area contributed by atoms with E-state index in [0.717, 1.165) is 38.9 Å². The van der Waals surface area contributed by atoms with Crippen molar-refractivity contribution in [3.05, 3.63) is 29.6 Å². The summed E-state index contributed by atoms with van der Waals surface area (Å²) in [7, 11) is 4.00. The molecular formula is C18H28N4O2. The van der Waals surface area contributed by atoms with Crippen molar-refractivity contribution in [3.8, 4) is 0 Å². The molecule has 2 rings (SSSR count). The van der Waals surface area contributed by atoms with Crippen LogP contribution >= 0.6 is 0 Å². The molecule has 0 unspecified atom stereocenters. The summed E-state index contributed by atoms with van der Waals surface area (Å²) in [6, 6.07) is 1.65. The summed E-state index contributed by atoms with van der Waals surface area (Å²) in [5.41, 5.74) is 0.932. The molecule has 1 aliphatic heterocycles. The molecule has 0 atom stereocenters. The number of carbonyl (C=O) groups excluding carboxylic acids is 2. The van der Waals surface area contributed by atoms with Gasteiger partial charge in [-0.05, 0) is 51.9 Å². The molecule has 1 N–H and O–H groups in total. The van der Waals surface area contributed by atoms with Gasteiger partial charge >= 0.3 is 0 Å². The summed E-state index contributed by atoms with van der Waals surface area (Å²) in [6.07, 6.45) is 6.01. The van der Waals surface area contributed by atoms with Crippen molar-refractivity contribution in [3.63, 3.8) is 0 Å². The summed E-state index contributed by atoms with van der Waals surface area (Å²) >= 11 is 0. The minimum absolute atomic E-state index is 0.0309. The molecule has 24 heavy (non-hydrogen) atoms. The van der Waals surface area contributed by atoms with Crippen LogP contribution in [0.25, 0.3) is 0 Å². The van der Waals surface area contributed by atoms with Crippen LogP contribution in [0.3, 0.4) is 0 Å². The Kier molecular flexibility index (Phi) is 6.73. The largest absolute Gasteiger partial charge is 0.352 e. The van der Waals surface area contributed by atoms with Crippen LogP contribution in [0.4, 0.5) is 0 Å². The summed E-state index contributed by atoms with van der Waals surface area (Å²) in [4.78, 5) is 32.8. The number of nitrogens with one attached hydrogen (secondary N) is 1. The number of likely N-dealkylation sites (tertiary alicyclic amines) is 1. The van der Waals surface area contributed by atoms with Crippen molar-refractivity contribution in [2.24, 2.45) is 5.92 Å². The van der Waals surface area contributed by atoms with E-state index in [9.17, 15) is 9.59 Å². The zero-order valence-corrected chi connectivity index (χ0v) is 14.9. The number of piperidine rings is 1. The van der Waals surface area contributed by atoms with Gasteiger partial charge < -0.3 is 15.1 Å². The third kappa shape index (κ3) is 5.30. The first kappa shape index (κ1) is 18.4. The van der Waals surface area contributed by atoms with Gasteiger partial charge in [0.1, 0.15) is 0 Å². The number of nitrogens with zero attached hydrogens (tertiary/aromatic N) is 3. The first-order chi connectivity index (χ1) is 11.5. The molecule has 0 aromatic carbocycles. The molecule has 132 valence electrons. The Hall–Kier alpha value is -1.95. The molecule has 1 aromatic rings. The smallest absolute Gasteiger partial charge is 0.255 e. The van der Waals surface area contributed by atoms with Gasteiger partial charge in [0, 0.05) is 32.0 Å². The average Bonchev–Trinajstić information content (AvgIpc) is 2.58. The molecule has 1 saturated heterocycles. The normalized spacial score (nSPS) is 15.6. The third-order valence-electron chi connectivity index (χ3n) is 4.39. The fraction of sp³-hybridized carbons (Fsp3) is 0.611. The van der Waals surface area contributed by atoms with E-state index in [1.54, 1.807) is 12.3 Å². The Morgan fingerprint density at radius 1 is 1.25 bits per heavy atom. The van der Waals surface area contributed by atoms with Crippen LogP contribution in [0.15, 0.2) is 18.5 Å². The predicted octanol–water partition coefficient (Wildman–Crippen LogP) is 1.64. The maximum absolute atomic E-state index is 12.6. The highest BCUT2D eigenvalue weighted by Gasteiger charge is 2.22. The minimum Gasteiger partial charge on any atom is -0.352 e. The Morgan fingerprint density at radius 3 is 2.58 bits per heavy atom. The maximum Gasteiger partial charge on any atom is 0.255 e. The molecule has 6 nitrogen and oxygen atoms in total. The number of rotatable bonds is 6. The highest BCUT2D eigenvalue weighted by molar-refractivity contribution is 5.99. The van der Waals surface area contributed by atoms with E-state index in [1.807, 2.05) is 19.0 Å². The molecular weight excluding hydrogens is 304 g/mol. The third-order valence-corrected chi connectivity index (χ3v) is 4.39. The number of aromatic nitrogens is 1. The molecule has 6 heteroatoms. The van der Waals surface area contributed by atoms with Crippen LogP contribution < -0.4 is 5.32 Å². The molecule has 1 aromatic heterocycles. The highest BCUT2D eigenvalue weighted by Crippen LogP contribution is 2.18. The topological polar surface area (TPSA) is 65.5 Å². The van der Waals surface area contributed by atoms with E-state index in [0.29, 0.717) is 23.6 Å². The number of hydrogen-bond donors (Lipinski definition) is 1. The van der Waals surface area contributed by atoms with Gasteiger partial charge in [-0.25, -0.2) is 0 Å². The van der Waals surface area contributed by atoms with Crippen LogP contribution in [0, 0.1) is 5.92 Å². The SMILES string of the molecule is CC1CCN(C(=O)c2cncc(C(=O)NCCCN(C)C)c2)CC1. The zero-order valence-electron chi connectivity index (χ0n) is 14.9. The van der Waals surface area contributed by atoms with Gasteiger partial charge in [-0.15, -0.1) is 0 Å². The van der Waals surface area contributed by atoms with Crippen LogP contribution in [0.2, 0.25) is 0 Å². The summed E-state index contributed by atoms with van der Waals surface area (Å²) in [5.74, 6) is 0.464. The predicted molar refractivity (Wildman–Crippen MR) is 94.0 cm³/mol. The van der Waals surface area contributed by atoms with Crippen LogP contribution in [-0.2, 0) is 0 Å². The van der Waals surface area contributed by atoms with Gasteiger partial charge in [0.2, 0.25) is 0 Å².